The summed E-state index contributed by atoms with van der Waals surface area (Å²) in [5.41, 5.74) is 1.07. The van der Waals surface area contributed by atoms with Crippen LogP contribution >= 0.6 is 11.3 Å². The molecule has 0 bridgehead atoms. The van der Waals surface area contributed by atoms with Crippen molar-refractivity contribution in [3.8, 4) is 5.75 Å². The van der Waals surface area contributed by atoms with Gasteiger partial charge in [0.1, 0.15) is 5.75 Å². The van der Waals surface area contributed by atoms with Crippen LogP contribution in [0.15, 0.2) is 34.5 Å². The van der Waals surface area contributed by atoms with Gasteiger partial charge in [0.15, 0.2) is 10.0 Å². The number of amides is 1. The number of aromatic nitrogens is 1. The fourth-order valence-electron chi connectivity index (χ4n) is 3.26. The Morgan fingerprint density at radius 3 is 2.56 bits per heavy atom. The summed E-state index contributed by atoms with van der Waals surface area (Å²) in [6, 6.07) is 6.96. The van der Waals surface area contributed by atoms with Crippen LogP contribution < -0.4 is 10.1 Å². The van der Waals surface area contributed by atoms with E-state index in [1.165, 1.54) is 43.4 Å². The van der Waals surface area contributed by atoms with Gasteiger partial charge in [-0.1, -0.05) is 19.3 Å². The Morgan fingerprint density at radius 2 is 1.93 bits per heavy atom. The third kappa shape index (κ3) is 4.65. The molecule has 1 saturated carbocycles. The van der Waals surface area contributed by atoms with E-state index in [1.807, 2.05) is 5.38 Å². The quantitative estimate of drug-likeness (QED) is 0.704. The van der Waals surface area contributed by atoms with Crippen LogP contribution in [0, 0.1) is 0 Å². The van der Waals surface area contributed by atoms with E-state index < -0.39 is 15.9 Å². The van der Waals surface area contributed by atoms with Crippen molar-refractivity contribution in [3.63, 3.8) is 0 Å². The summed E-state index contributed by atoms with van der Waals surface area (Å²) in [6.45, 7) is 3.39. The maximum absolute atomic E-state index is 12.9. The zero-order valence-corrected chi connectivity index (χ0v) is 17.6. The summed E-state index contributed by atoms with van der Waals surface area (Å²) in [5.74, 6) is 0.902. The molecule has 7 heteroatoms. The van der Waals surface area contributed by atoms with Crippen LogP contribution in [0.3, 0.4) is 0 Å². The Kier molecular flexibility index (Phi) is 6.44. The molecule has 0 radical (unpaired) electrons. The lowest BCUT2D eigenvalue weighted by Crippen LogP contribution is -2.44. The Labute approximate surface area is 167 Å². The highest BCUT2D eigenvalue weighted by molar-refractivity contribution is 7.93. The molecule has 5 nitrogen and oxygen atoms in total. The van der Waals surface area contributed by atoms with Crippen LogP contribution in [-0.2, 0) is 16.0 Å². The highest BCUT2D eigenvalue weighted by atomic mass is 32.2. The second-order valence-corrected chi connectivity index (χ2v) is 10.2. The number of carbonyl (C=O) groups excluding carboxylic acids is 1. The first kappa shape index (κ1) is 20.2. The Balaban J connectivity index is 1.67. The molecule has 2 aromatic rings. The zero-order valence-electron chi connectivity index (χ0n) is 16.0. The van der Waals surface area contributed by atoms with Gasteiger partial charge in [-0.2, -0.15) is 0 Å². The lowest BCUT2D eigenvalue weighted by Gasteiger charge is -2.26. The van der Waals surface area contributed by atoms with Crippen molar-refractivity contribution in [1.82, 2.24) is 4.98 Å². The molecule has 1 aromatic carbocycles. The Hall–Kier alpha value is -1.57. The van der Waals surface area contributed by atoms with Gasteiger partial charge in [-0.3, -0.25) is 10.1 Å². The molecular formula is C20H26N2O3S2. The molecule has 0 spiro atoms. The minimum absolute atomic E-state index is 0.291. The van der Waals surface area contributed by atoms with Crippen molar-refractivity contribution in [2.75, 3.05) is 12.4 Å². The van der Waals surface area contributed by atoms with Gasteiger partial charge in [0.2, 0.25) is 4.75 Å². The minimum atomic E-state index is -1.50. The van der Waals surface area contributed by atoms with Gasteiger partial charge in [-0.05, 0) is 51.0 Å². The molecule has 1 amide bonds. The van der Waals surface area contributed by atoms with Crippen molar-refractivity contribution in [1.29, 1.82) is 0 Å². The maximum Gasteiger partial charge on any atom is 0.282 e. The van der Waals surface area contributed by atoms with Crippen LogP contribution in [0.4, 0.5) is 5.13 Å². The molecule has 1 N–H and O–H groups in total. The number of nitrogens with zero attached hydrogens (tertiary/aromatic N) is 1. The highest BCUT2D eigenvalue weighted by Gasteiger charge is 2.42. The summed E-state index contributed by atoms with van der Waals surface area (Å²) < 4.78 is 17.0. The van der Waals surface area contributed by atoms with Gasteiger partial charge in [0, 0.05) is 22.5 Å². The first-order valence-electron chi connectivity index (χ1n) is 9.24. The van der Waals surface area contributed by atoms with Crippen LogP contribution in [0.5, 0.6) is 5.75 Å². The number of ether oxygens (including phenoxy) is 1. The third-order valence-electron chi connectivity index (χ3n) is 5.05. The van der Waals surface area contributed by atoms with E-state index in [2.05, 4.69) is 10.3 Å². The molecule has 1 aliphatic rings. The fraction of sp³-hybridized carbons (Fsp3) is 0.500. The monoisotopic (exact) mass is 406 g/mol. The van der Waals surface area contributed by atoms with Gasteiger partial charge >= 0.3 is 0 Å². The predicted octanol–water partition coefficient (Wildman–Crippen LogP) is 4.72. The van der Waals surface area contributed by atoms with E-state index in [9.17, 15) is 9.35 Å². The third-order valence-corrected chi connectivity index (χ3v) is 7.64. The molecule has 3 rings (SSSR count). The predicted molar refractivity (Wildman–Crippen MR) is 110 cm³/mol. The Morgan fingerprint density at radius 1 is 1.26 bits per heavy atom. The number of nitrogens with one attached hydrogen (secondary N) is 1. The molecule has 1 atom stereocenters. The van der Waals surface area contributed by atoms with Crippen molar-refractivity contribution in [3.05, 3.63) is 35.3 Å². The smallest absolute Gasteiger partial charge is 0.282 e. The number of thiazole rings is 1. The summed E-state index contributed by atoms with van der Waals surface area (Å²) in [5, 5.41) is 5.49. The number of hydrogen-bond donors (Lipinski definition) is 1. The van der Waals surface area contributed by atoms with Gasteiger partial charge in [-0.25, -0.2) is 4.98 Å². The molecule has 1 aliphatic carbocycles. The van der Waals surface area contributed by atoms with Crippen molar-refractivity contribution in [2.24, 2.45) is 0 Å². The second kappa shape index (κ2) is 8.63. The van der Waals surface area contributed by atoms with E-state index in [0.717, 1.165) is 5.69 Å². The molecule has 1 heterocycles. The van der Waals surface area contributed by atoms with Crippen molar-refractivity contribution < 1.29 is 14.1 Å². The summed E-state index contributed by atoms with van der Waals surface area (Å²) in [6.07, 6.45) is 6.14. The molecule has 1 fully saturated rings. The van der Waals surface area contributed by atoms with Gasteiger partial charge in [0.25, 0.3) is 5.91 Å². The number of hydrogen-bond acceptors (Lipinski definition) is 5. The molecular weight excluding hydrogens is 380 g/mol. The topological polar surface area (TPSA) is 74.3 Å². The van der Waals surface area contributed by atoms with E-state index in [1.54, 1.807) is 45.2 Å². The second-order valence-electron chi connectivity index (χ2n) is 7.32. The van der Waals surface area contributed by atoms with E-state index in [4.69, 9.17) is 4.74 Å². The Bertz CT molecular complexity index is 768. The number of carbonyl (C=O) groups is 1. The van der Waals surface area contributed by atoms with E-state index in [-0.39, 0.29) is 5.91 Å². The van der Waals surface area contributed by atoms with Crippen LogP contribution in [0.2, 0.25) is 0 Å². The highest BCUT2D eigenvalue weighted by Crippen LogP contribution is 2.34. The summed E-state index contributed by atoms with van der Waals surface area (Å²) >= 11 is -0.0544. The first-order chi connectivity index (χ1) is 12.9. The largest absolute Gasteiger partial charge is 0.611 e. The summed E-state index contributed by atoms with van der Waals surface area (Å²) in [4.78, 5) is 18.0. The lowest BCUT2D eigenvalue weighted by atomic mass is 9.87. The number of methoxy groups -OCH3 is 1. The number of benzene rings is 1. The average molecular weight is 407 g/mol. The normalized spacial score (nSPS) is 16.7. The SMILES string of the molecule is COc1ccc([S+]([O-])C(C)(C)C(=O)Nc2nc(C3CCCCC3)cs2)cc1. The molecule has 0 aliphatic heterocycles. The van der Waals surface area contributed by atoms with Gasteiger partial charge < -0.3 is 9.29 Å². The van der Waals surface area contributed by atoms with Crippen LogP contribution in [0.1, 0.15) is 57.6 Å². The van der Waals surface area contributed by atoms with E-state index in [0.29, 0.717) is 21.7 Å². The van der Waals surface area contributed by atoms with E-state index >= 15 is 0 Å². The molecule has 1 aromatic heterocycles. The molecule has 0 saturated heterocycles. The number of anilines is 1. The van der Waals surface area contributed by atoms with Gasteiger partial charge in [-0.15, -0.1) is 11.3 Å². The molecule has 1 unspecified atom stereocenters. The fourth-order valence-corrected chi connectivity index (χ4v) is 5.23. The van der Waals surface area contributed by atoms with Crippen molar-refractivity contribution >= 4 is 33.6 Å². The minimum Gasteiger partial charge on any atom is -0.611 e. The molecule has 146 valence electrons. The van der Waals surface area contributed by atoms with Gasteiger partial charge in [0.05, 0.1) is 12.8 Å². The summed E-state index contributed by atoms with van der Waals surface area (Å²) in [7, 11) is 1.58. The zero-order chi connectivity index (χ0) is 19.4. The van der Waals surface area contributed by atoms with Crippen molar-refractivity contribution in [2.45, 2.75) is 61.5 Å². The first-order valence-corrected chi connectivity index (χ1v) is 11.3. The maximum atomic E-state index is 12.9. The van der Waals surface area contributed by atoms with Crippen LogP contribution in [0.25, 0.3) is 0 Å². The average Bonchev–Trinajstić information content (AvgIpc) is 3.16. The number of rotatable bonds is 6. The van der Waals surface area contributed by atoms with Crippen LogP contribution in [-0.4, -0.2) is 27.3 Å². The molecule has 27 heavy (non-hydrogen) atoms. The standard InChI is InChI=1S/C20H26N2O3S2/c1-20(2,27(24)16-11-9-15(25-3)10-12-16)18(23)22-19-21-17(13-26-19)14-7-5-4-6-8-14/h9-14H,4-8H2,1-3H3,(H,21,22,23). The lowest BCUT2D eigenvalue weighted by molar-refractivity contribution is -0.117.